The Morgan fingerprint density at radius 3 is 2.85 bits per heavy atom. The minimum absolute atomic E-state index is 0.184. The third-order valence-corrected chi connectivity index (χ3v) is 3.06. The first-order chi connectivity index (χ1) is 9.58. The van der Waals surface area contributed by atoms with Crippen LogP contribution in [0.25, 0.3) is 11.3 Å². The Kier molecular flexibility index (Phi) is 4.71. The number of carbonyl (C=O) groups is 1. The second kappa shape index (κ2) is 6.50. The van der Waals surface area contributed by atoms with E-state index in [1.165, 1.54) is 0 Å². The van der Waals surface area contributed by atoms with Crippen LogP contribution in [0.2, 0.25) is 5.02 Å². The number of hydrogen-bond acceptors (Lipinski definition) is 3. The van der Waals surface area contributed by atoms with Crippen molar-refractivity contribution in [2.24, 2.45) is 0 Å². The monoisotopic (exact) mass is 290 g/mol. The summed E-state index contributed by atoms with van der Waals surface area (Å²) >= 11 is 6.05. The van der Waals surface area contributed by atoms with Crippen molar-refractivity contribution in [3.8, 4) is 11.3 Å². The van der Waals surface area contributed by atoms with Crippen LogP contribution in [0.5, 0.6) is 0 Å². The lowest BCUT2D eigenvalue weighted by atomic mass is 10.1. The highest BCUT2D eigenvalue weighted by Gasteiger charge is 2.12. The molecule has 2 aromatic rings. The number of carbonyl (C=O) groups excluding carboxylic acids is 1. The van der Waals surface area contributed by atoms with Gasteiger partial charge in [0.25, 0.3) is 5.91 Å². The molecule has 0 fully saturated rings. The van der Waals surface area contributed by atoms with Crippen LogP contribution in [-0.4, -0.2) is 28.6 Å². The molecule has 2 rings (SSSR count). The normalized spacial score (nSPS) is 11.9. The Morgan fingerprint density at radius 1 is 1.40 bits per heavy atom. The van der Waals surface area contributed by atoms with Crippen LogP contribution in [0, 0.1) is 0 Å². The second-order valence-electron chi connectivity index (χ2n) is 4.47. The molecule has 0 saturated carbocycles. The van der Waals surface area contributed by atoms with E-state index in [0.29, 0.717) is 10.6 Å². The molecule has 104 valence electrons. The van der Waals surface area contributed by atoms with E-state index in [2.05, 4.69) is 10.3 Å². The minimum atomic E-state index is -0.600. The summed E-state index contributed by atoms with van der Waals surface area (Å²) in [6.07, 6.45) is 1.09. The highest BCUT2D eigenvalue weighted by Crippen LogP contribution is 2.23. The molecule has 1 aromatic carbocycles. The van der Waals surface area contributed by atoms with Gasteiger partial charge < -0.3 is 10.4 Å². The van der Waals surface area contributed by atoms with E-state index in [1.807, 2.05) is 24.3 Å². The van der Waals surface area contributed by atoms with Crippen molar-refractivity contribution in [3.63, 3.8) is 0 Å². The average molecular weight is 291 g/mol. The number of hydrogen-bond donors (Lipinski definition) is 2. The summed E-state index contributed by atoms with van der Waals surface area (Å²) < 4.78 is 0. The molecular formula is C15H15ClN2O2. The molecule has 2 N–H and O–H groups in total. The van der Waals surface area contributed by atoms with Crippen molar-refractivity contribution in [2.45, 2.75) is 13.0 Å². The lowest BCUT2D eigenvalue weighted by Crippen LogP contribution is -2.30. The van der Waals surface area contributed by atoms with Gasteiger partial charge in [0.2, 0.25) is 0 Å². The molecule has 0 aliphatic carbocycles. The molecule has 0 aliphatic heterocycles. The summed E-state index contributed by atoms with van der Waals surface area (Å²) in [5.41, 5.74) is 1.96. The molecule has 1 atom stereocenters. The Balaban J connectivity index is 2.27. The van der Waals surface area contributed by atoms with Gasteiger partial charge in [-0.15, -0.1) is 0 Å². The maximum atomic E-state index is 12.0. The second-order valence-corrected chi connectivity index (χ2v) is 4.88. The van der Waals surface area contributed by atoms with Crippen molar-refractivity contribution in [1.82, 2.24) is 10.3 Å². The van der Waals surface area contributed by atoms with E-state index >= 15 is 0 Å². The Morgan fingerprint density at radius 2 is 2.20 bits per heavy atom. The van der Waals surface area contributed by atoms with Crippen molar-refractivity contribution >= 4 is 17.5 Å². The van der Waals surface area contributed by atoms with Crippen LogP contribution in [-0.2, 0) is 0 Å². The number of aliphatic hydroxyl groups is 1. The molecule has 0 aliphatic rings. The third kappa shape index (κ3) is 3.56. The number of amides is 1. The molecule has 0 spiro atoms. The van der Waals surface area contributed by atoms with Crippen LogP contribution in [0.3, 0.4) is 0 Å². The number of nitrogens with zero attached hydrogens (tertiary/aromatic N) is 1. The van der Waals surface area contributed by atoms with Crippen LogP contribution in [0.4, 0.5) is 0 Å². The van der Waals surface area contributed by atoms with E-state index in [1.54, 1.807) is 25.3 Å². The van der Waals surface area contributed by atoms with Crippen LogP contribution < -0.4 is 5.32 Å². The zero-order valence-electron chi connectivity index (χ0n) is 11.0. The summed E-state index contributed by atoms with van der Waals surface area (Å²) in [4.78, 5) is 16.3. The van der Waals surface area contributed by atoms with Gasteiger partial charge in [0.1, 0.15) is 0 Å². The summed E-state index contributed by atoms with van der Waals surface area (Å²) in [5, 5.41) is 12.2. The van der Waals surface area contributed by atoms with Gasteiger partial charge in [0, 0.05) is 18.3 Å². The number of rotatable bonds is 4. The number of aliphatic hydroxyl groups excluding tert-OH is 1. The largest absolute Gasteiger partial charge is 0.392 e. The first-order valence-electron chi connectivity index (χ1n) is 6.25. The van der Waals surface area contributed by atoms with Crippen molar-refractivity contribution in [2.75, 3.05) is 6.54 Å². The average Bonchev–Trinajstić information content (AvgIpc) is 2.46. The van der Waals surface area contributed by atoms with Crippen LogP contribution in [0.15, 0.2) is 42.6 Å². The zero-order valence-corrected chi connectivity index (χ0v) is 11.8. The van der Waals surface area contributed by atoms with E-state index in [-0.39, 0.29) is 12.5 Å². The minimum Gasteiger partial charge on any atom is -0.392 e. The predicted octanol–water partition coefficient (Wildman–Crippen LogP) is 2.51. The molecule has 0 saturated heterocycles. The first-order valence-corrected chi connectivity index (χ1v) is 6.63. The molecule has 4 nitrogen and oxygen atoms in total. The highest BCUT2D eigenvalue weighted by atomic mass is 35.5. The van der Waals surface area contributed by atoms with E-state index in [9.17, 15) is 9.90 Å². The number of benzene rings is 1. The predicted molar refractivity (Wildman–Crippen MR) is 78.7 cm³/mol. The summed E-state index contributed by atoms with van der Waals surface area (Å²) in [7, 11) is 0. The van der Waals surface area contributed by atoms with Gasteiger partial charge in [-0.3, -0.25) is 9.78 Å². The fourth-order valence-corrected chi connectivity index (χ4v) is 1.93. The lowest BCUT2D eigenvalue weighted by molar-refractivity contribution is 0.0924. The molecule has 5 heteroatoms. The molecule has 20 heavy (non-hydrogen) atoms. The molecule has 1 amide bonds. The van der Waals surface area contributed by atoms with E-state index in [0.717, 1.165) is 11.3 Å². The van der Waals surface area contributed by atoms with Gasteiger partial charge in [0.05, 0.1) is 22.4 Å². The molecule has 1 unspecified atom stereocenters. The number of nitrogens with one attached hydrogen (secondary N) is 1. The summed E-state index contributed by atoms with van der Waals surface area (Å²) in [5.74, 6) is -0.311. The first kappa shape index (κ1) is 14.5. The number of pyridine rings is 1. The molecule has 1 aromatic heterocycles. The molecular weight excluding hydrogens is 276 g/mol. The molecule has 0 radical (unpaired) electrons. The van der Waals surface area contributed by atoms with Gasteiger partial charge >= 0.3 is 0 Å². The van der Waals surface area contributed by atoms with Crippen LogP contribution >= 0.6 is 11.6 Å². The van der Waals surface area contributed by atoms with Crippen molar-refractivity contribution in [3.05, 3.63) is 53.2 Å². The quantitative estimate of drug-likeness (QED) is 0.909. The Bertz CT molecular complexity index is 600. The Labute approximate surface area is 122 Å². The molecule has 1 heterocycles. The van der Waals surface area contributed by atoms with Crippen LogP contribution in [0.1, 0.15) is 17.3 Å². The standard InChI is InChI=1S/C15H15ClN2O2/c1-10(19)9-18-15(20)12-8-11(5-6-13(12)16)14-4-2-3-7-17-14/h2-8,10,19H,9H2,1H3,(H,18,20). The van der Waals surface area contributed by atoms with E-state index < -0.39 is 6.10 Å². The van der Waals surface area contributed by atoms with Gasteiger partial charge in [0.15, 0.2) is 0 Å². The zero-order chi connectivity index (χ0) is 14.5. The smallest absolute Gasteiger partial charge is 0.252 e. The van der Waals surface area contributed by atoms with E-state index in [4.69, 9.17) is 11.6 Å². The summed E-state index contributed by atoms with van der Waals surface area (Å²) in [6.45, 7) is 1.79. The van der Waals surface area contributed by atoms with Gasteiger partial charge in [-0.25, -0.2) is 0 Å². The summed E-state index contributed by atoms with van der Waals surface area (Å²) in [6, 6.07) is 10.8. The van der Waals surface area contributed by atoms with Gasteiger partial charge in [-0.1, -0.05) is 23.7 Å². The fraction of sp³-hybridized carbons (Fsp3) is 0.200. The Hall–Kier alpha value is -1.91. The van der Waals surface area contributed by atoms with Crippen molar-refractivity contribution < 1.29 is 9.90 Å². The lowest BCUT2D eigenvalue weighted by Gasteiger charge is -2.10. The maximum absolute atomic E-state index is 12.0. The third-order valence-electron chi connectivity index (χ3n) is 2.73. The van der Waals surface area contributed by atoms with Gasteiger partial charge in [-0.05, 0) is 31.2 Å². The number of aromatic nitrogens is 1. The van der Waals surface area contributed by atoms with Gasteiger partial charge in [-0.2, -0.15) is 0 Å². The highest BCUT2D eigenvalue weighted by molar-refractivity contribution is 6.34. The maximum Gasteiger partial charge on any atom is 0.252 e. The topological polar surface area (TPSA) is 62.2 Å². The number of halogens is 1. The molecule has 0 bridgehead atoms. The SMILES string of the molecule is CC(O)CNC(=O)c1cc(-c2ccccn2)ccc1Cl. The fourth-order valence-electron chi connectivity index (χ4n) is 1.73. The van der Waals surface area contributed by atoms with Crippen molar-refractivity contribution in [1.29, 1.82) is 0 Å².